The van der Waals surface area contributed by atoms with Gasteiger partial charge in [0.1, 0.15) is 5.54 Å². The first-order valence-electron chi connectivity index (χ1n) is 8.60. The van der Waals surface area contributed by atoms with Crippen molar-refractivity contribution >= 4 is 5.91 Å². The molecule has 1 aliphatic carbocycles. The van der Waals surface area contributed by atoms with Crippen LogP contribution < -0.4 is 19.7 Å². The molecule has 0 heterocycles. The summed E-state index contributed by atoms with van der Waals surface area (Å²) in [5, 5.41) is 3.00. The van der Waals surface area contributed by atoms with Gasteiger partial charge in [-0.3, -0.25) is 4.79 Å². The van der Waals surface area contributed by atoms with Gasteiger partial charge in [-0.1, -0.05) is 6.42 Å². The van der Waals surface area contributed by atoms with Gasteiger partial charge in [0.15, 0.2) is 11.5 Å². The summed E-state index contributed by atoms with van der Waals surface area (Å²) in [5.41, 5.74) is 0.412. The van der Waals surface area contributed by atoms with E-state index >= 15 is 0 Å². The first-order valence-corrected chi connectivity index (χ1v) is 8.60. The van der Waals surface area contributed by atoms with Crippen molar-refractivity contribution in [1.29, 1.82) is 0 Å². The van der Waals surface area contributed by atoms with E-state index in [9.17, 15) is 13.6 Å². The Bertz CT molecular complexity index is 588. The fourth-order valence-corrected chi connectivity index (χ4v) is 3.44. The highest BCUT2D eigenvalue weighted by molar-refractivity contribution is 5.94. The number of quaternary nitrogens is 1. The Balaban J connectivity index is 2.07. The SMILES string of the molecule is COc1cc(C(=O)NCC2([NH+](C)C)CCCCC2)ccc1OC(F)F. The molecule has 1 amide bonds. The van der Waals surface area contributed by atoms with Crippen LogP contribution in [-0.4, -0.2) is 45.8 Å². The summed E-state index contributed by atoms with van der Waals surface area (Å²) < 4.78 is 34.2. The lowest BCUT2D eigenvalue weighted by atomic mass is 9.80. The van der Waals surface area contributed by atoms with Crippen molar-refractivity contribution in [1.82, 2.24) is 5.32 Å². The normalized spacial score (nSPS) is 16.8. The second-order valence-electron chi connectivity index (χ2n) is 6.77. The Morgan fingerprint density at radius 2 is 1.92 bits per heavy atom. The summed E-state index contributed by atoms with van der Waals surface area (Å²) in [6.07, 6.45) is 5.76. The summed E-state index contributed by atoms with van der Waals surface area (Å²) >= 11 is 0. The molecule has 1 aromatic carbocycles. The number of hydrogen-bond acceptors (Lipinski definition) is 3. The first-order chi connectivity index (χ1) is 11.9. The monoisotopic (exact) mass is 357 g/mol. The van der Waals surface area contributed by atoms with Crippen molar-refractivity contribution in [2.24, 2.45) is 0 Å². The van der Waals surface area contributed by atoms with Gasteiger partial charge in [-0.05, 0) is 31.0 Å². The molecule has 0 spiro atoms. The van der Waals surface area contributed by atoms with E-state index in [2.05, 4.69) is 24.1 Å². The van der Waals surface area contributed by atoms with Crippen molar-refractivity contribution in [3.05, 3.63) is 23.8 Å². The van der Waals surface area contributed by atoms with Crippen molar-refractivity contribution < 1.29 is 27.9 Å². The number of ether oxygens (including phenoxy) is 2. The van der Waals surface area contributed by atoms with Crippen molar-refractivity contribution in [2.45, 2.75) is 44.3 Å². The van der Waals surface area contributed by atoms with Gasteiger partial charge in [0.05, 0.1) is 27.7 Å². The molecule has 0 bridgehead atoms. The average molecular weight is 357 g/mol. The van der Waals surface area contributed by atoms with Crippen LogP contribution in [0.15, 0.2) is 18.2 Å². The Labute approximate surface area is 147 Å². The fourth-order valence-electron chi connectivity index (χ4n) is 3.44. The van der Waals surface area contributed by atoms with E-state index in [1.54, 1.807) is 0 Å². The molecule has 1 saturated carbocycles. The average Bonchev–Trinajstić information content (AvgIpc) is 2.60. The van der Waals surface area contributed by atoms with Gasteiger partial charge in [-0.25, -0.2) is 0 Å². The molecule has 2 rings (SSSR count). The number of nitrogens with one attached hydrogen (secondary N) is 2. The number of hydrogen-bond donors (Lipinski definition) is 2. The minimum absolute atomic E-state index is 0.0523. The van der Waals surface area contributed by atoms with Crippen molar-refractivity contribution in [3.8, 4) is 11.5 Å². The molecule has 1 fully saturated rings. The Morgan fingerprint density at radius 1 is 1.24 bits per heavy atom. The maximum absolute atomic E-state index is 12.5. The van der Waals surface area contributed by atoms with Gasteiger partial charge in [0.2, 0.25) is 0 Å². The lowest BCUT2D eigenvalue weighted by Gasteiger charge is -2.39. The number of carbonyl (C=O) groups is 1. The highest BCUT2D eigenvalue weighted by Gasteiger charge is 2.38. The molecule has 5 nitrogen and oxygen atoms in total. The Hall–Kier alpha value is -1.89. The topological polar surface area (TPSA) is 52.0 Å². The third kappa shape index (κ3) is 4.81. The van der Waals surface area contributed by atoms with Crippen molar-refractivity contribution in [2.75, 3.05) is 27.7 Å². The third-order valence-corrected chi connectivity index (χ3v) is 5.10. The maximum atomic E-state index is 12.5. The number of alkyl halides is 2. The second kappa shape index (κ2) is 8.47. The molecule has 0 aromatic heterocycles. The molecular formula is C18H27F2N2O3+. The van der Waals surface area contributed by atoms with Crippen LogP contribution in [0.1, 0.15) is 42.5 Å². The van der Waals surface area contributed by atoms with Gasteiger partial charge in [-0.15, -0.1) is 0 Å². The molecule has 0 atom stereocenters. The highest BCUT2D eigenvalue weighted by Crippen LogP contribution is 2.29. The minimum atomic E-state index is -2.94. The lowest BCUT2D eigenvalue weighted by Crippen LogP contribution is -3.16. The number of likely N-dealkylation sites (N-methyl/N-ethyl adjacent to an activating group) is 1. The zero-order chi connectivity index (χ0) is 18.4. The maximum Gasteiger partial charge on any atom is 0.387 e. The number of carbonyl (C=O) groups excluding carboxylic acids is 1. The van der Waals surface area contributed by atoms with Crippen LogP contribution in [0.5, 0.6) is 11.5 Å². The number of methoxy groups -OCH3 is 1. The van der Waals surface area contributed by atoms with Gasteiger partial charge < -0.3 is 19.7 Å². The molecule has 0 aliphatic heterocycles. The van der Waals surface area contributed by atoms with E-state index in [4.69, 9.17) is 4.74 Å². The molecule has 140 valence electrons. The molecule has 0 radical (unpaired) electrons. The fraction of sp³-hybridized carbons (Fsp3) is 0.611. The molecular weight excluding hydrogens is 330 g/mol. The third-order valence-electron chi connectivity index (χ3n) is 5.10. The molecule has 0 unspecified atom stereocenters. The van der Waals surface area contributed by atoms with E-state index in [1.165, 1.54) is 49.5 Å². The predicted molar refractivity (Wildman–Crippen MR) is 90.6 cm³/mol. The number of amides is 1. The summed E-state index contributed by atoms with van der Waals surface area (Å²) in [5.74, 6) is -0.220. The van der Waals surface area contributed by atoms with Crippen LogP contribution >= 0.6 is 0 Å². The van der Waals surface area contributed by atoms with E-state index in [-0.39, 0.29) is 22.9 Å². The summed E-state index contributed by atoms with van der Waals surface area (Å²) in [7, 11) is 5.59. The lowest BCUT2D eigenvalue weighted by molar-refractivity contribution is -0.916. The summed E-state index contributed by atoms with van der Waals surface area (Å²) in [6, 6.07) is 4.21. The Morgan fingerprint density at radius 3 is 2.48 bits per heavy atom. The van der Waals surface area contributed by atoms with E-state index in [0.29, 0.717) is 12.1 Å². The molecule has 0 saturated heterocycles. The smallest absolute Gasteiger partial charge is 0.387 e. The van der Waals surface area contributed by atoms with Gasteiger partial charge in [0.25, 0.3) is 5.91 Å². The standard InChI is InChI=1S/C18H26F2N2O3/c1-22(2)18(9-5-4-6-10-18)12-21-16(23)13-7-8-14(25-17(19)20)15(11-13)24-3/h7-8,11,17H,4-6,9-10,12H2,1-3H3,(H,21,23)/p+1. The van der Waals surface area contributed by atoms with E-state index in [0.717, 1.165) is 12.8 Å². The molecule has 25 heavy (non-hydrogen) atoms. The van der Waals surface area contributed by atoms with Crippen molar-refractivity contribution in [3.63, 3.8) is 0 Å². The number of halogens is 2. The van der Waals surface area contributed by atoms with Crippen LogP contribution in [0.3, 0.4) is 0 Å². The minimum Gasteiger partial charge on any atom is -0.493 e. The predicted octanol–water partition coefficient (Wildman–Crippen LogP) is 1.87. The van der Waals surface area contributed by atoms with Gasteiger partial charge in [0, 0.05) is 18.4 Å². The van der Waals surface area contributed by atoms with Crippen LogP contribution in [0.25, 0.3) is 0 Å². The molecule has 2 N–H and O–H groups in total. The number of benzene rings is 1. The van der Waals surface area contributed by atoms with Crippen LogP contribution in [0.4, 0.5) is 8.78 Å². The summed E-state index contributed by atoms with van der Waals surface area (Å²) in [6.45, 7) is -2.35. The van der Waals surface area contributed by atoms with Crippen LogP contribution in [0.2, 0.25) is 0 Å². The molecule has 7 heteroatoms. The Kier molecular flexibility index (Phi) is 6.58. The van der Waals surface area contributed by atoms with E-state index in [1.807, 2.05) is 0 Å². The highest BCUT2D eigenvalue weighted by atomic mass is 19.3. The van der Waals surface area contributed by atoms with Gasteiger partial charge in [-0.2, -0.15) is 8.78 Å². The molecule has 1 aromatic rings. The van der Waals surface area contributed by atoms with Crippen LogP contribution in [-0.2, 0) is 0 Å². The number of rotatable bonds is 7. The largest absolute Gasteiger partial charge is 0.493 e. The quantitative estimate of drug-likeness (QED) is 0.783. The second-order valence-corrected chi connectivity index (χ2v) is 6.77. The van der Waals surface area contributed by atoms with E-state index < -0.39 is 6.61 Å². The zero-order valence-corrected chi connectivity index (χ0v) is 15.0. The van der Waals surface area contributed by atoms with Gasteiger partial charge >= 0.3 is 6.61 Å². The first kappa shape index (κ1) is 19.4. The summed E-state index contributed by atoms with van der Waals surface area (Å²) in [4.78, 5) is 13.8. The van der Waals surface area contributed by atoms with Crippen LogP contribution in [0, 0.1) is 0 Å². The molecule has 1 aliphatic rings. The zero-order valence-electron chi connectivity index (χ0n) is 15.0.